The van der Waals surface area contributed by atoms with Crippen molar-refractivity contribution in [2.75, 3.05) is 0 Å². The van der Waals surface area contributed by atoms with Crippen LogP contribution in [0.2, 0.25) is 0 Å². The first-order chi connectivity index (χ1) is 12.9. The molecule has 0 aliphatic heterocycles. The molecule has 1 aromatic heterocycles. The Kier molecular flexibility index (Phi) is 4.84. The number of hydrogen-bond acceptors (Lipinski definition) is 3. The van der Waals surface area contributed by atoms with E-state index in [4.69, 9.17) is 0 Å². The maximum atomic E-state index is 4.43. The molecule has 0 saturated heterocycles. The van der Waals surface area contributed by atoms with Crippen molar-refractivity contribution < 1.29 is 0 Å². The third kappa shape index (κ3) is 3.28. The average molecular weight is 357 g/mol. The minimum atomic E-state index is 0.690. The van der Waals surface area contributed by atoms with Gasteiger partial charge in [-0.1, -0.05) is 90.6 Å². The number of nitrogens with zero attached hydrogens (tertiary/aromatic N) is 3. The van der Waals surface area contributed by atoms with Gasteiger partial charge in [-0.3, -0.25) is 4.57 Å². The van der Waals surface area contributed by atoms with E-state index >= 15 is 0 Å². The maximum Gasteiger partial charge on any atom is 0.192 e. The van der Waals surface area contributed by atoms with E-state index in [2.05, 4.69) is 75.9 Å². The van der Waals surface area contributed by atoms with E-state index in [-0.39, 0.29) is 0 Å². The predicted molar refractivity (Wildman–Crippen MR) is 109 cm³/mol. The van der Waals surface area contributed by atoms with Crippen molar-refractivity contribution in [3.05, 3.63) is 91.0 Å². The SMILES string of the molecule is C=CCn1c(SCc2cccc3ccccc23)nnc1-c1ccccc1. The Morgan fingerprint density at radius 3 is 2.50 bits per heavy atom. The summed E-state index contributed by atoms with van der Waals surface area (Å²) in [5.74, 6) is 1.73. The highest BCUT2D eigenvalue weighted by atomic mass is 32.2. The second-order valence-corrected chi connectivity index (χ2v) is 6.94. The Balaban J connectivity index is 1.64. The van der Waals surface area contributed by atoms with Crippen molar-refractivity contribution in [3.8, 4) is 11.4 Å². The smallest absolute Gasteiger partial charge is 0.192 e. The lowest BCUT2D eigenvalue weighted by atomic mass is 10.1. The molecule has 26 heavy (non-hydrogen) atoms. The van der Waals surface area contributed by atoms with E-state index in [1.807, 2.05) is 24.3 Å². The van der Waals surface area contributed by atoms with E-state index < -0.39 is 0 Å². The summed E-state index contributed by atoms with van der Waals surface area (Å²) in [5.41, 5.74) is 2.38. The van der Waals surface area contributed by atoms with Crippen molar-refractivity contribution in [2.24, 2.45) is 0 Å². The lowest BCUT2D eigenvalue weighted by molar-refractivity contribution is 0.731. The average Bonchev–Trinajstić information content (AvgIpc) is 3.10. The van der Waals surface area contributed by atoms with Gasteiger partial charge in [-0.25, -0.2) is 0 Å². The van der Waals surface area contributed by atoms with E-state index in [1.165, 1.54) is 16.3 Å². The molecule has 0 bridgehead atoms. The highest BCUT2D eigenvalue weighted by molar-refractivity contribution is 7.98. The molecular formula is C22H19N3S. The summed E-state index contributed by atoms with van der Waals surface area (Å²) in [4.78, 5) is 0. The first-order valence-corrected chi connectivity index (χ1v) is 9.54. The molecule has 0 amide bonds. The monoisotopic (exact) mass is 357 g/mol. The van der Waals surface area contributed by atoms with Gasteiger partial charge in [0.05, 0.1) is 0 Å². The van der Waals surface area contributed by atoms with Gasteiger partial charge >= 0.3 is 0 Å². The Labute approximate surface area is 157 Å². The number of fused-ring (bicyclic) bond motifs is 1. The largest absolute Gasteiger partial charge is 0.298 e. The third-order valence-corrected chi connectivity index (χ3v) is 5.31. The van der Waals surface area contributed by atoms with Gasteiger partial charge in [-0.15, -0.1) is 16.8 Å². The number of rotatable bonds is 6. The van der Waals surface area contributed by atoms with Gasteiger partial charge in [0.15, 0.2) is 11.0 Å². The molecule has 0 fully saturated rings. The van der Waals surface area contributed by atoms with Crippen molar-refractivity contribution >= 4 is 22.5 Å². The molecule has 0 unspecified atom stereocenters. The lowest BCUT2D eigenvalue weighted by Gasteiger charge is -2.09. The second-order valence-electron chi connectivity index (χ2n) is 6.00. The van der Waals surface area contributed by atoms with Gasteiger partial charge in [0.1, 0.15) is 0 Å². The van der Waals surface area contributed by atoms with Crippen LogP contribution >= 0.6 is 11.8 Å². The fourth-order valence-electron chi connectivity index (χ4n) is 3.05. The van der Waals surface area contributed by atoms with Crippen molar-refractivity contribution in [1.29, 1.82) is 0 Å². The molecule has 3 aromatic carbocycles. The van der Waals surface area contributed by atoms with Gasteiger partial charge < -0.3 is 0 Å². The van der Waals surface area contributed by atoms with Crippen molar-refractivity contribution in [3.63, 3.8) is 0 Å². The molecule has 0 N–H and O–H groups in total. The van der Waals surface area contributed by atoms with Crippen molar-refractivity contribution in [2.45, 2.75) is 17.5 Å². The summed E-state index contributed by atoms with van der Waals surface area (Å²) in [6, 6.07) is 25.1. The van der Waals surface area contributed by atoms with Crippen LogP contribution in [0.3, 0.4) is 0 Å². The van der Waals surface area contributed by atoms with Gasteiger partial charge in [0.2, 0.25) is 0 Å². The molecule has 0 radical (unpaired) electrons. The minimum Gasteiger partial charge on any atom is -0.298 e. The third-order valence-electron chi connectivity index (χ3n) is 4.30. The molecule has 1 heterocycles. The van der Waals surface area contributed by atoms with E-state index in [0.29, 0.717) is 6.54 Å². The molecule has 4 heteroatoms. The van der Waals surface area contributed by atoms with Crippen molar-refractivity contribution in [1.82, 2.24) is 14.8 Å². The molecule has 4 rings (SSSR count). The molecule has 0 aliphatic rings. The lowest BCUT2D eigenvalue weighted by Crippen LogP contribution is -2.00. The van der Waals surface area contributed by atoms with Crippen LogP contribution in [0, 0.1) is 0 Å². The Morgan fingerprint density at radius 2 is 1.65 bits per heavy atom. The molecule has 4 aromatic rings. The van der Waals surface area contributed by atoms with Crippen LogP contribution in [0.15, 0.2) is 90.6 Å². The quantitative estimate of drug-likeness (QED) is 0.333. The second kappa shape index (κ2) is 7.58. The topological polar surface area (TPSA) is 30.7 Å². The Morgan fingerprint density at radius 1 is 0.885 bits per heavy atom. The predicted octanol–water partition coefficient (Wildman–Crippen LogP) is 5.58. The highest BCUT2D eigenvalue weighted by Gasteiger charge is 2.13. The van der Waals surface area contributed by atoms with Crippen LogP contribution < -0.4 is 0 Å². The fourth-order valence-corrected chi connectivity index (χ4v) is 4.00. The minimum absolute atomic E-state index is 0.690. The van der Waals surface area contributed by atoms with Gasteiger partial charge in [0, 0.05) is 17.9 Å². The van der Waals surface area contributed by atoms with E-state index in [9.17, 15) is 0 Å². The maximum absolute atomic E-state index is 4.43. The highest BCUT2D eigenvalue weighted by Crippen LogP contribution is 2.29. The summed E-state index contributed by atoms with van der Waals surface area (Å²) in [7, 11) is 0. The Hall–Kier alpha value is -2.85. The molecule has 128 valence electrons. The zero-order valence-electron chi connectivity index (χ0n) is 14.4. The molecular weight excluding hydrogens is 338 g/mol. The molecule has 0 saturated carbocycles. The van der Waals surface area contributed by atoms with E-state index in [0.717, 1.165) is 22.3 Å². The summed E-state index contributed by atoms with van der Waals surface area (Å²) in [6.07, 6.45) is 1.89. The first-order valence-electron chi connectivity index (χ1n) is 8.56. The summed E-state index contributed by atoms with van der Waals surface area (Å²) in [5, 5.41) is 12.3. The zero-order chi connectivity index (χ0) is 17.8. The standard InChI is InChI=1S/C22H19N3S/c1-2-15-25-21(18-10-4-3-5-11-18)23-24-22(25)26-16-19-13-8-12-17-9-6-7-14-20(17)19/h2-14H,1,15-16H2. The van der Waals surface area contributed by atoms with Crippen LogP contribution in [-0.2, 0) is 12.3 Å². The number of aromatic nitrogens is 3. The summed E-state index contributed by atoms with van der Waals surface area (Å²) >= 11 is 1.71. The zero-order valence-corrected chi connectivity index (χ0v) is 15.2. The van der Waals surface area contributed by atoms with Crippen LogP contribution in [-0.4, -0.2) is 14.8 Å². The van der Waals surface area contributed by atoms with Crippen LogP contribution in [0.25, 0.3) is 22.2 Å². The van der Waals surface area contributed by atoms with Crippen LogP contribution in [0.1, 0.15) is 5.56 Å². The normalized spacial score (nSPS) is 10.9. The van der Waals surface area contributed by atoms with Crippen LogP contribution in [0.4, 0.5) is 0 Å². The van der Waals surface area contributed by atoms with Crippen LogP contribution in [0.5, 0.6) is 0 Å². The molecule has 0 spiro atoms. The van der Waals surface area contributed by atoms with Gasteiger partial charge in [-0.2, -0.15) is 0 Å². The number of thioether (sulfide) groups is 1. The first kappa shape index (κ1) is 16.6. The summed E-state index contributed by atoms with van der Waals surface area (Å²) in [6.45, 7) is 4.57. The van der Waals surface area contributed by atoms with Gasteiger partial charge in [-0.05, 0) is 16.3 Å². The Bertz CT molecular complexity index is 1030. The molecule has 0 atom stereocenters. The van der Waals surface area contributed by atoms with Gasteiger partial charge in [0.25, 0.3) is 0 Å². The number of hydrogen-bond donors (Lipinski definition) is 0. The molecule has 3 nitrogen and oxygen atoms in total. The number of allylic oxidation sites excluding steroid dienone is 1. The molecule has 0 aliphatic carbocycles. The fraction of sp³-hybridized carbons (Fsp3) is 0.0909. The van der Waals surface area contributed by atoms with E-state index in [1.54, 1.807) is 11.8 Å². The summed E-state index contributed by atoms with van der Waals surface area (Å²) < 4.78 is 2.12. The number of benzene rings is 3.